The fourth-order valence-corrected chi connectivity index (χ4v) is 4.15. The summed E-state index contributed by atoms with van der Waals surface area (Å²) in [4.78, 5) is 16.6. The lowest BCUT2D eigenvalue weighted by Crippen LogP contribution is -2.45. The minimum atomic E-state index is -4.51. The van der Waals surface area contributed by atoms with Gasteiger partial charge in [-0.1, -0.05) is 28.9 Å². The molecular weight excluding hydrogens is 487 g/mol. The van der Waals surface area contributed by atoms with E-state index in [0.717, 1.165) is 48.8 Å². The van der Waals surface area contributed by atoms with Crippen molar-refractivity contribution in [3.8, 4) is 5.75 Å². The van der Waals surface area contributed by atoms with Gasteiger partial charge in [0.2, 0.25) is 0 Å². The molecule has 0 aliphatic carbocycles. The summed E-state index contributed by atoms with van der Waals surface area (Å²) < 4.78 is 47.5. The van der Waals surface area contributed by atoms with Crippen molar-refractivity contribution in [3.05, 3.63) is 57.6 Å². The largest absolute Gasteiger partial charge is 0.483 e. The summed E-state index contributed by atoms with van der Waals surface area (Å²) >= 11 is 3.35. The van der Waals surface area contributed by atoms with Gasteiger partial charge in [0.05, 0.1) is 5.56 Å². The molecule has 2 aromatic rings. The molecule has 1 saturated heterocycles. The van der Waals surface area contributed by atoms with Crippen LogP contribution in [0.1, 0.15) is 23.6 Å². The first-order chi connectivity index (χ1) is 15.2. The Balaban J connectivity index is 1.65. The number of alkyl halides is 3. The third kappa shape index (κ3) is 6.70. The number of carbonyl (C=O) groups is 1. The van der Waals surface area contributed by atoms with Gasteiger partial charge in [-0.25, -0.2) is 0 Å². The van der Waals surface area contributed by atoms with Crippen LogP contribution >= 0.6 is 15.9 Å². The Morgan fingerprint density at radius 2 is 1.78 bits per heavy atom. The second-order valence-electron chi connectivity index (χ2n) is 7.83. The van der Waals surface area contributed by atoms with Crippen molar-refractivity contribution < 1.29 is 22.7 Å². The molecule has 0 aromatic heterocycles. The zero-order valence-corrected chi connectivity index (χ0v) is 19.7. The van der Waals surface area contributed by atoms with E-state index in [0.29, 0.717) is 5.75 Å². The first-order valence-corrected chi connectivity index (χ1v) is 11.3. The normalized spacial score (nSPS) is 15.6. The Morgan fingerprint density at radius 3 is 2.41 bits per heavy atom. The number of hydrogen-bond donors (Lipinski definition) is 1. The molecule has 1 amide bonds. The Kier molecular flexibility index (Phi) is 8.19. The minimum Gasteiger partial charge on any atom is -0.483 e. The summed E-state index contributed by atoms with van der Waals surface area (Å²) in [6.07, 6.45) is -4.51. The van der Waals surface area contributed by atoms with Crippen molar-refractivity contribution in [3.63, 3.8) is 0 Å². The molecule has 174 valence electrons. The van der Waals surface area contributed by atoms with E-state index in [1.807, 2.05) is 17.9 Å². The van der Waals surface area contributed by atoms with Gasteiger partial charge >= 0.3 is 6.18 Å². The molecule has 1 aliphatic heterocycles. The van der Waals surface area contributed by atoms with Crippen molar-refractivity contribution >= 4 is 27.5 Å². The molecule has 32 heavy (non-hydrogen) atoms. The fraction of sp³-hybridized carbons (Fsp3) is 0.435. The highest BCUT2D eigenvalue weighted by Gasteiger charge is 2.34. The maximum Gasteiger partial charge on any atom is 0.416 e. The molecule has 0 radical (unpaired) electrons. The minimum absolute atomic E-state index is 0.0954. The molecule has 3 rings (SSSR count). The van der Waals surface area contributed by atoms with E-state index in [-0.39, 0.29) is 24.4 Å². The molecule has 1 N–H and O–H groups in total. The fourth-order valence-electron chi connectivity index (χ4n) is 3.68. The number of amides is 1. The molecule has 0 unspecified atom stereocenters. The van der Waals surface area contributed by atoms with Crippen LogP contribution in [0.3, 0.4) is 0 Å². The zero-order chi connectivity index (χ0) is 23.3. The number of halogens is 4. The van der Waals surface area contributed by atoms with Gasteiger partial charge in [0.15, 0.2) is 6.61 Å². The van der Waals surface area contributed by atoms with Crippen molar-refractivity contribution in [2.75, 3.05) is 44.6 Å². The van der Waals surface area contributed by atoms with Crippen LogP contribution in [0.2, 0.25) is 0 Å². The summed E-state index contributed by atoms with van der Waals surface area (Å²) in [5, 5.41) is 2.51. The van der Waals surface area contributed by atoms with Crippen LogP contribution in [0.25, 0.3) is 0 Å². The summed E-state index contributed by atoms with van der Waals surface area (Å²) in [7, 11) is 0. The monoisotopic (exact) mass is 513 g/mol. The molecule has 1 aliphatic rings. The SMILES string of the molecule is CCN1CCN(Cc2ccc(NC(=O)COc3ccc(Br)cc3C)cc2C(F)(F)F)CC1. The van der Waals surface area contributed by atoms with Crippen LogP contribution < -0.4 is 10.1 Å². The topological polar surface area (TPSA) is 44.8 Å². The van der Waals surface area contributed by atoms with E-state index in [4.69, 9.17) is 4.74 Å². The molecule has 1 fully saturated rings. The second-order valence-corrected chi connectivity index (χ2v) is 8.74. The highest BCUT2D eigenvalue weighted by atomic mass is 79.9. The smallest absolute Gasteiger partial charge is 0.416 e. The maximum absolute atomic E-state index is 13.7. The summed E-state index contributed by atoms with van der Waals surface area (Å²) in [5.41, 5.74) is 0.425. The number of hydrogen-bond acceptors (Lipinski definition) is 4. The van der Waals surface area contributed by atoms with Gasteiger partial charge in [-0.15, -0.1) is 0 Å². The highest BCUT2D eigenvalue weighted by molar-refractivity contribution is 9.10. The van der Waals surface area contributed by atoms with Gasteiger partial charge in [0.1, 0.15) is 5.75 Å². The standard InChI is InChI=1S/C23H27BrF3N3O2/c1-3-29-8-10-30(11-9-29)14-17-4-6-19(13-20(17)23(25,26)27)28-22(31)15-32-21-7-5-18(24)12-16(21)2/h4-7,12-13H,3,8-11,14-15H2,1-2H3,(H,28,31). The Labute approximate surface area is 194 Å². The van der Waals surface area contributed by atoms with Crippen molar-refractivity contribution in [1.29, 1.82) is 0 Å². The Bertz CT molecular complexity index is 945. The number of benzene rings is 2. The van der Waals surface area contributed by atoms with E-state index in [1.165, 1.54) is 12.1 Å². The van der Waals surface area contributed by atoms with Gasteiger partial charge in [-0.05, 0) is 54.9 Å². The molecule has 1 heterocycles. The molecule has 0 bridgehead atoms. The lowest BCUT2D eigenvalue weighted by atomic mass is 10.0. The van der Waals surface area contributed by atoms with Gasteiger partial charge in [0.25, 0.3) is 5.91 Å². The van der Waals surface area contributed by atoms with E-state index in [1.54, 1.807) is 12.1 Å². The van der Waals surface area contributed by atoms with Crippen LogP contribution in [0.5, 0.6) is 5.75 Å². The first-order valence-electron chi connectivity index (χ1n) is 10.5. The van der Waals surface area contributed by atoms with Gasteiger partial charge in [-0.2, -0.15) is 13.2 Å². The van der Waals surface area contributed by atoms with E-state index >= 15 is 0 Å². The summed E-state index contributed by atoms with van der Waals surface area (Å²) in [6, 6.07) is 9.32. The third-order valence-electron chi connectivity index (χ3n) is 5.50. The van der Waals surface area contributed by atoms with Crippen molar-refractivity contribution in [1.82, 2.24) is 9.80 Å². The molecule has 5 nitrogen and oxygen atoms in total. The number of likely N-dealkylation sites (N-methyl/N-ethyl adjacent to an activating group) is 1. The maximum atomic E-state index is 13.7. The van der Waals surface area contributed by atoms with Crippen LogP contribution in [0.15, 0.2) is 40.9 Å². The lowest BCUT2D eigenvalue weighted by Gasteiger charge is -2.34. The van der Waals surface area contributed by atoms with Crippen molar-refractivity contribution in [2.45, 2.75) is 26.6 Å². The van der Waals surface area contributed by atoms with Crippen molar-refractivity contribution in [2.24, 2.45) is 0 Å². The van der Waals surface area contributed by atoms with Crippen LogP contribution in [-0.2, 0) is 17.5 Å². The number of carbonyl (C=O) groups excluding carboxylic acids is 1. The summed E-state index contributed by atoms with van der Waals surface area (Å²) in [5.74, 6) is 0.0155. The molecule has 0 saturated carbocycles. The number of piperazine rings is 1. The summed E-state index contributed by atoms with van der Waals surface area (Å²) in [6.45, 7) is 7.96. The number of rotatable bonds is 7. The van der Waals surface area contributed by atoms with E-state index in [2.05, 4.69) is 33.1 Å². The van der Waals surface area contributed by atoms with Crippen LogP contribution in [0, 0.1) is 6.92 Å². The highest BCUT2D eigenvalue weighted by Crippen LogP contribution is 2.34. The third-order valence-corrected chi connectivity index (χ3v) is 5.99. The van der Waals surface area contributed by atoms with Gasteiger partial charge < -0.3 is 15.0 Å². The Morgan fingerprint density at radius 1 is 1.09 bits per heavy atom. The first kappa shape index (κ1) is 24.5. The molecule has 0 spiro atoms. The number of aryl methyl sites for hydroxylation is 1. The quantitative estimate of drug-likeness (QED) is 0.570. The van der Waals surface area contributed by atoms with E-state index in [9.17, 15) is 18.0 Å². The second kappa shape index (κ2) is 10.7. The van der Waals surface area contributed by atoms with Crippen LogP contribution in [0.4, 0.5) is 18.9 Å². The molecular formula is C23H27BrF3N3O2. The van der Waals surface area contributed by atoms with Crippen LogP contribution in [-0.4, -0.2) is 55.0 Å². The average Bonchev–Trinajstić information content (AvgIpc) is 2.74. The Hall–Kier alpha value is -2.10. The number of nitrogens with zero attached hydrogens (tertiary/aromatic N) is 2. The number of nitrogens with one attached hydrogen (secondary N) is 1. The predicted molar refractivity (Wildman–Crippen MR) is 122 cm³/mol. The average molecular weight is 514 g/mol. The van der Waals surface area contributed by atoms with Gasteiger partial charge in [0, 0.05) is 42.9 Å². The number of ether oxygens (including phenoxy) is 1. The van der Waals surface area contributed by atoms with Gasteiger partial charge in [-0.3, -0.25) is 9.69 Å². The molecule has 0 atom stereocenters. The molecule has 2 aromatic carbocycles. The zero-order valence-electron chi connectivity index (χ0n) is 18.1. The van der Waals surface area contributed by atoms with E-state index < -0.39 is 17.6 Å². The lowest BCUT2D eigenvalue weighted by molar-refractivity contribution is -0.138. The predicted octanol–water partition coefficient (Wildman–Crippen LogP) is 4.93. The number of anilines is 1. The molecule has 9 heteroatoms.